The molecule has 0 unspecified atom stereocenters. The van der Waals surface area contributed by atoms with Crippen LogP contribution in [0.3, 0.4) is 0 Å². The summed E-state index contributed by atoms with van der Waals surface area (Å²) in [7, 11) is 0. The van der Waals surface area contributed by atoms with Crippen molar-refractivity contribution in [1.82, 2.24) is 0 Å². The molecular weight excluding hydrogens is 437 g/mol. The Morgan fingerprint density at radius 3 is 2.65 bits per heavy atom. The lowest BCUT2D eigenvalue weighted by atomic mass is 10.2. The third-order valence-corrected chi connectivity index (χ3v) is 3.79. The van der Waals surface area contributed by atoms with E-state index in [0.29, 0.717) is 15.8 Å². The molecule has 0 heterocycles. The number of benzene rings is 2. The summed E-state index contributed by atoms with van der Waals surface area (Å²) in [6.45, 7) is 0. The third kappa shape index (κ3) is 3.29. The Morgan fingerprint density at radius 2 is 2.05 bits per heavy atom. The van der Waals surface area contributed by atoms with Crippen molar-refractivity contribution in [3.05, 3.63) is 55.6 Å². The molecule has 2 rings (SSSR count). The van der Waals surface area contributed by atoms with E-state index in [1.807, 2.05) is 28.7 Å². The maximum atomic E-state index is 11.2. The van der Waals surface area contributed by atoms with E-state index >= 15 is 0 Å². The molecule has 0 spiro atoms. The first-order chi connectivity index (χ1) is 9.51. The Bertz CT molecular complexity index is 725. The van der Waals surface area contributed by atoms with Gasteiger partial charge in [-0.25, -0.2) is 4.79 Å². The molecule has 4 nitrogen and oxygen atoms in total. The number of hydrogen-bond acceptors (Lipinski definition) is 3. The van der Waals surface area contributed by atoms with Gasteiger partial charge in [0, 0.05) is 8.04 Å². The molecule has 0 radical (unpaired) electrons. The number of halogens is 2. The minimum atomic E-state index is -1.05. The fourth-order valence-electron chi connectivity index (χ4n) is 1.54. The molecule has 0 aliphatic heterocycles. The Hall–Kier alpha value is -1.59. The van der Waals surface area contributed by atoms with Gasteiger partial charge in [0.05, 0.1) is 5.56 Å². The summed E-state index contributed by atoms with van der Waals surface area (Å²) in [5.41, 5.74) is 0.579. The van der Waals surface area contributed by atoms with E-state index in [1.54, 1.807) is 30.3 Å². The molecule has 0 amide bonds. The lowest BCUT2D eigenvalue weighted by molar-refractivity contribution is 0.0694. The Labute approximate surface area is 137 Å². The normalized spacial score (nSPS) is 9.85. The van der Waals surface area contributed by atoms with E-state index in [1.165, 1.54) is 6.07 Å². The van der Waals surface area contributed by atoms with Gasteiger partial charge in [-0.3, -0.25) is 0 Å². The molecule has 0 fully saturated rings. The lowest BCUT2D eigenvalue weighted by Crippen LogP contribution is -2.00. The van der Waals surface area contributed by atoms with Gasteiger partial charge >= 0.3 is 5.97 Å². The van der Waals surface area contributed by atoms with Gasteiger partial charge < -0.3 is 9.84 Å². The van der Waals surface area contributed by atoms with Crippen LogP contribution in [-0.4, -0.2) is 11.1 Å². The number of nitriles is 1. The Kier molecular flexibility index (Phi) is 4.62. The summed E-state index contributed by atoms with van der Waals surface area (Å²) in [6.07, 6.45) is 0. The van der Waals surface area contributed by atoms with Crippen molar-refractivity contribution in [3.63, 3.8) is 0 Å². The fourth-order valence-corrected chi connectivity index (χ4v) is 2.47. The number of aromatic carboxylic acids is 1. The summed E-state index contributed by atoms with van der Waals surface area (Å²) in [4.78, 5) is 11.2. The van der Waals surface area contributed by atoms with E-state index in [9.17, 15) is 4.79 Å². The zero-order chi connectivity index (χ0) is 14.7. The number of carbonyl (C=O) groups is 1. The highest BCUT2D eigenvalue weighted by Crippen LogP contribution is 2.30. The lowest BCUT2D eigenvalue weighted by Gasteiger charge is -2.09. The molecule has 100 valence electrons. The second-order valence-corrected chi connectivity index (χ2v) is 5.90. The van der Waals surface area contributed by atoms with Crippen molar-refractivity contribution in [2.45, 2.75) is 0 Å². The predicted molar refractivity (Wildman–Crippen MR) is 85.0 cm³/mol. The molecule has 6 heteroatoms. The monoisotopic (exact) mass is 443 g/mol. The van der Waals surface area contributed by atoms with E-state index in [-0.39, 0.29) is 11.3 Å². The molecule has 0 saturated heterocycles. The first-order valence-electron chi connectivity index (χ1n) is 5.41. The minimum absolute atomic E-state index is 0.0948. The minimum Gasteiger partial charge on any atom is -0.478 e. The molecule has 0 saturated carbocycles. The SMILES string of the molecule is N#Cc1ccc(Oc2ccc(I)cc2C(=O)O)cc1Br. The largest absolute Gasteiger partial charge is 0.478 e. The smallest absolute Gasteiger partial charge is 0.339 e. The highest BCUT2D eigenvalue weighted by molar-refractivity contribution is 14.1. The molecule has 2 aromatic rings. The molecule has 0 aromatic heterocycles. The van der Waals surface area contributed by atoms with Gasteiger partial charge in [-0.15, -0.1) is 0 Å². The van der Waals surface area contributed by atoms with E-state index in [2.05, 4.69) is 15.9 Å². The number of hydrogen-bond donors (Lipinski definition) is 1. The van der Waals surface area contributed by atoms with Crippen molar-refractivity contribution in [3.8, 4) is 17.6 Å². The van der Waals surface area contributed by atoms with Gasteiger partial charge in [0.25, 0.3) is 0 Å². The van der Waals surface area contributed by atoms with Gasteiger partial charge in [-0.1, -0.05) is 0 Å². The standard InChI is InChI=1S/C14H7BrINO3/c15-12-6-10(3-1-8(12)7-17)20-13-4-2-9(16)5-11(13)14(18)19/h1-6H,(H,18,19). The highest BCUT2D eigenvalue weighted by atomic mass is 127. The second kappa shape index (κ2) is 6.24. The number of carboxylic acid groups (broad SMARTS) is 1. The van der Waals surface area contributed by atoms with Gasteiger partial charge in [-0.05, 0) is 74.9 Å². The quantitative estimate of drug-likeness (QED) is 0.713. The Morgan fingerprint density at radius 1 is 1.30 bits per heavy atom. The van der Waals surface area contributed by atoms with Crippen LogP contribution in [0.25, 0.3) is 0 Å². The van der Waals surface area contributed by atoms with Crippen LogP contribution < -0.4 is 4.74 Å². The predicted octanol–water partition coefficient (Wildman–Crippen LogP) is 4.42. The van der Waals surface area contributed by atoms with Crippen LogP contribution in [0.15, 0.2) is 40.9 Å². The van der Waals surface area contributed by atoms with Crippen LogP contribution in [-0.2, 0) is 0 Å². The number of ether oxygens (including phenoxy) is 1. The van der Waals surface area contributed by atoms with Crippen molar-refractivity contribution in [1.29, 1.82) is 5.26 Å². The molecule has 2 aromatic carbocycles. The Balaban J connectivity index is 2.38. The highest BCUT2D eigenvalue weighted by Gasteiger charge is 2.13. The van der Waals surface area contributed by atoms with Crippen molar-refractivity contribution < 1.29 is 14.6 Å². The second-order valence-electron chi connectivity index (χ2n) is 3.80. The topological polar surface area (TPSA) is 70.3 Å². The maximum absolute atomic E-state index is 11.2. The average Bonchev–Trinajstić information content (AvgIpc) is 2.41. The van der Waals surface area contributed by atoms with Crippen molar-refractivity contribution in [2.75, 3.05) is 0 Å². The molecular formula is C14H7BrINO3. The van der Waals surface area contributed by atoms with E-state index in [4.69, 9.17) is 15.1 Å². The zero-order valence-electron chi connectivity index (χ0n) is 9.93. The molecule has 0 aliphatic carbocycles. The van der Waals surface area contributed by atoms with Crippen molar-refractivity contribution in [2.24, 2.45) is 0 Å². The molecule has 0 bridgehead atoms. The number of rotatable bonds is 3. The summed E-state index contributed by atoms with van der Waals surface area (Å²) in [6, 6.07) is 11.8. The summed E-state index contributed by atoms with van der Waals surface area (Å²) < 4.78 is 6.99. The van der Waals surface area contributed by atoms with Gasteiger partial charge in [0.2, 0.25) is 0 Å². The summed E-state index contributed by atoms with van der Waals surface area (Å²) in [5, 5.41) is 18.0. The zero-order valence-corrected chi connectivity index (χ0v) is 13.7. The van der Waals surface area contributed by atoms with E-state index < -0.39 is 5.97 Å². The summed E-state index contributed by atoms with van der Waals surface area (Å²) in [5.74, 6) is -0.333. The number of carboxylic acids is 1. The van der Waals surface area contributed by atoms with Crippen LogP contribution in [0.5, 0.6) is 11.5 Å². The summed E-state index contributed by atoms with van der Waals surface area (Å²) >= 11 is 5.30. The first-order valence-corrected chi connectivity index (χ1v) is 7.29. The molecule has 0 aliphatic rings. The average molecular weight is 444 g/mol. The van der Waals surface area contributed by atoms with Crippen LogP contribution in [0.1, 0.15) is 15.9 Å². The van der Waals surface area contributed by atoms with Crippen LogP contribution in [0.4, 0.5) is 0 Å². The van der Waals surface area contributed by atoms with Crippen LogP contribution in [0.2, 0.25) is 0 Å². The molecule has 20 heavy (non-hydrogen) atoms. The van der Waals surface area contributed by atoms with Crippen molar-refractivity contribution >= 4 is 44.5 Å². The van der Waals surface area contributed by atoms with Crippen LogP contribution >= 0.6 is 38.5 Å². The molecule has 1 N–H and O–H groups in total. The van der Waals surface area contributed by atoms with E-state index in [0.717, 1.165) is 3.57 Å². The van der Waals surface area contributed by atoms with Gasteiger partial charge in [-0.2, -0.15) is 5.26 Å². The molecule has 0 atom stereocenters. The van der Waals surface area contributed by atoms with Crippen LogP contribution in [0, 0.1) is 14.9 Å². The first kappa shape index (κ1) is 14.8. The maximum Gasteiger partial charge on any atom is 0.339 e. The van der Waals surface area contributed by atoms with Gasteiger partial charge in [0.1, 0.15) is 23.1 Å². The number of nitrogens with zero attached hydrogens (tertiary/aromatic N) is 1. The fraction of sp³-hybridized carbons (Fsp3) is 0. The third-order valence-electron chi connectivity index (χ3n) is 2.46. The van der Waals surface area contributed by atoms with Gasteiger partial charge in [0.15, 0.2) is 0 Å².